The second kappa shape index (κ2) is 9.28. The summed E-state index contributed by atoms with van der Waals surface area (Å²) in [5.41, 5.74) is 5.45. The highest BCUT2D eigenvalue weighted by Gasteiger charge is 2.21. The van der Waals surface area contributed by atoms with Gasteiger partial charge in [-0.1, -0.05) is 12.1 Å². The lowest BCUT2D eigenvalue weighted by molar-refractivity contribution is -0.160. The maximum absolute atomic E-state index is 11.8. The predicted molar refractivity (Wildman–Crippen MR) is 123 cm³/mol. The zero-order valence-electron chi connectivity index (χ0n) is 18.2. The molecule has 12 heteroatoms. The van der Waals surface area contributed by atoms with Crippen LogP contribution in [0.3, 0.4) is 0 Å². The molecular formula is C20H27N7O4S. The fourth-order valence-corrected chi connectivity index (χ4v) is 3.87. The molecule has 1 fully saturated rings. The van der Waals surface area contributed by atoms with Crippen molar-refractivity contribution in [1.29, 1.82) is 0 Å². The third kappa shape index (κ3) is 5.10. The molecular weight excluding hydrogens is 434 g/mol. The van der Waals surface area contributed by atoms with Crippen molar-refractivity contribution in [3.63, 3.8) is 0 Å². The number of hydrogen-bond acceptors (Lipinski definition) is 9. The first-order chi connectivity index (χ1) is 15.3. The van der Waals surface area contributed by atoms with E-state index in [0.29, 0.717) is 49.3 Å². The molecule has 0 saturated carbocycles. The number of rotatable bonds is 8. The second-order valence-corrected chi connectivity index (χ2v) is 9.50. The Labute approximate surface area is 186 Å². The average molecular weight is 462 g/mol. The van der Waals surface area contributed by atoms with Crippen LogP contribution in [0, 0.1) is 0 Å². The number of anilines is 3. The fourth-order valence-electron chi connectivity index (χ4n) is 3.37. The monoisotopic (exact) mass is 461 g/mol. The maximum Gasteiger partial charge on any atom is 0.241 e. The molecule has 0 aliphatic carbocycles. The van der Waals surface area contributed by atoms with Crippen LogP contribution in [0.2, 0.25) is 0 Å². The Morgan fingerprint density at radius 3 is 2.97 bits per heavy atom. The fraction of sp³-hybridized carbons (Fsp3) is 0.400. The lowest BCUT2D eigenvalue weighted by Crippen LogP contribution is -2.46. The number of sulfonamides is 1. The maximum atomic E-state index is 11.8. The molecule has 4 rings (SSSR count). The van der Waals surface area contributed by atoms with Crippen LogP contribution < -0.4 is 15.0 Å². The minimum absolute atomic E-state index is 0.305. The van der Waals surface area contributed by atoms with Crippen LogP contribution >= 0.6 is 0 Å². The lowest BCUT2D eigenvalue weighted by Gasteiger charge is -2.31. The molecule has 1 aliphatic heterocycles. The van der Waals surface area contributed by atoms with Crippen LogP contribution in [-0.4, -0.2) is 74.8 Å². The molecule has 1 aromatic carbocycles. The summed E-state index contributed by atoms with van der Waals surface area (Å²) < 4.78 is 35.7. The highest BCUT2D eigenvalue weighted by molar-refractivity contribution is 7.92. The van der Waals surface area contributed by atoms with Crippen molar-refractivity contribution in [1.82, 2.24) is 20.0 Å². The Morgan fingerprint density at radius 1 is 1.34 bits per heavy atom. The number of fused-ring (bicyclic) bond motifs is 1. The standard InChI is InChI=1S/C20H27N7O4S/c1-26(32(3,28)29)15-6-4-5-14(11-15)12-22-19-16-7-8-21-18(16)23-20(24-19)25-27-9-10-31-17(13-27)30-2/h4-8,11,17H,9-10,12-13H2,1-3H3,(H3,21,22,23,24,25). The first-order valence-electron chi connectivity index (χ1n) is 10.1. The van der Waals surface area contributed by atoms with Crippen LogP contribution in [0.15, 0.2) is 36.5 Å². The van der Waals surface area contributed by atoms with Gasteiger partial charge >= 0.3 is 0 Å². The van der Waals surface area contributed by atoms with Gasteiger partial charge in [0, 0.05) is 33.4 Å². The number of morpholine rings is 1. The van der Waals surface area contributed by atoms with E-state index in [9.17, 15) is 8.42 Å². The minimum Gasteiger partial charge on any atom is -0.365 e. The van der Waals surface area contributed by atoms with Gasteiger partial charge in [-0.15, -0.1) is 0 Å². The molecule has 3 aromatic rings. The largest absolute Gasteiger partial charge is 0.365 e. The Kier molecular flexibility index (Phi) is 6.46. The molecule has 1 atom stereocenters. The third-order valence-corrected chi connectivity index (χ3v) is 6.41. The molecule has 3 heterocycles. The summed E-state index contributed by atoms with van der Waals surface area (Å²) in [4.78, 5) is 12.3. The lowest BCUT2D eigenvalue weighted by atomic mass is 10.2. The smallest absolute Gasteiger partial charge is 0.241 e. The van der Waals surface area contributed by atoms with Crippen LogP contribution in [0.5, 0.6) is 0 Å². The normalized spacial score (nSPS) is 17.4. The van der Waals surface area contributed by atoms with E-state index in [1.807, 2.05) is 35.5 Å². The van der Waals surface area contributed by atoms with Gasteiger partial charge in [-0.3, -0.25) is 9.73 Å². The van der Waals surface area contributed by atoms with Gasteiger partial charge in [0.05, 0.1) is 30.5 Å². The first kappa shape index (κ1) is 22.3. The van der Waals surface area contributed by atoms with Crippen molar-refractivity contribution in [2.45, 2.75) is 12.8 Å². The number of benzene rings is 1. The first-order valence-corrected chi connectivity index (χ1v) is 12.0. The van der Waals surface area contributed by atoms with Crippen molar-refractivity contribution >= 4 is 38.5 Å². The molecule has 172 valence electrons. The SMILES string of the molecule is COC1CN(Nc2nc(NCc3cccc(N(C)S(C)(=O)=O)c3)c3cc[nH]c3n2)CCO1. The summed E-state index contributed by atoms with van der Waals surface area (Å²) in [7, 11) is -0.183. The molecule has 3 N–H and O–H groups in total. The van der Waals surface area contributed by atoms with E-state index in [1.165, 1.54) is 17.6 Å². The van der Waals surface area contributed by atoms with Gasteiger partial charge in [0.1, 0.15) is 11.5 Å². The molecule has 0 amide bonds. The number of H-pyrrole nitrogens is 1. The Balaban J connectivity index is 1.51. The minimum atomic E-state index is -3.33. The summed E-state index contributed by atoms with van der Waals surface area (Å²) in [5, 5.41) is 6.16. The zero-order valence-corrected chi connectivity index (χ0v) is 19.0. The molecule has 0 radical (unpaired) electrons. The van der Waals surface area contributed by atoms with Crippen LogP contribution in [0.1, 0.15) is 5.56 Å². The van der Waals surface area contributed by atoms with Crippen molar-refractivity contribution in [2.75, 3.05) is 55.2 Å². The van der Waals surface area contributed by atoms with Crippen molar-refractivity contribution < 1.29 is 17.9 Å². The van der Waals surface area contributed by atoms with Gasteiger partial charge in [0.15, 0.2) is 6.29 Å². The van der Waals surface area contributed by atoms with E-state index >= 15 is 0 Å². The number of ether oxygens (including phenoxy) is 2. The average Bonchev–Trinajstić information content (AvgIpc) is 3.25. The van der Waals surface area contributed by atoms with E-state index in [4.69, 9.17) is 9.47 Å². The quantitative estimate of drug-likeness (QED) is 0.459. The van der Waals surface area contributed by atoms with E-state index in [0.717, 1.165) is 10.9 Å². The van der Waals surface area contributed by atoms with Crippen LogP contribution in [0.4, 0.5) is 17.5 Å². The Morgan fingerprint density at radius 2 is 2.19 bits per heavy atom. The van der Waals surface area contributed by atoms with Gasteiger partial charge in [-0.2, -0.15) is 9.97 Å². The highest BCUT2D eigenvalue weighted by Crippen LogP contribution is 2.23. The topological polar surface area (TPSA) is 125 Å². The van der Waals surface area contributed by atoms with Gasteiger partial charge in [0.2, 0.25) is 16.0 Å². The molecule has 0 bridgehead atoms. The number of methoxy groups -OCH3 is 1. The zero-order chi connectivity index (χ0) is 22.7. The number of aromatic nitrogens is 3. The molecule has 32 heavy (non-hydrogen) atoms. The van der Waals surface area contributed by atoms with Crippen LogP contribution in [0.25, 0.3) is 11.0 Å². The third-order valence-electron chi connectivity index (χ3n) is 5.20. The van der Waals surface area contributed by atoms with Crippen molar-refractivity contribution in [3.05, 3.63) is 42.1 Å². The highest BCUT2D eigenvalue weighted by atomic mass is 32.2. The van der Waals surface area contributed by atoms with E-state index in [2.05, 4.69) is 25.7 Å². The van der Waals surface area contributed by atoms with E-state index in [1.54, 1.807) is 13.2 Å². The molecule has 1 aliphatic rings. The molecule has 1 unspecified atom stereocenters. The number of hydrazine groups is 1. The molecule has 11 nitrogen and oxygen atoms in total. The summed E-state index contributed by atoms with van der Waals surface area (Å²) in [6.07, 6.45) is 2.69. The van der Waals surface area contributed by atoms with Gasteiger partial charge < -0.3 is 19.8 Å². The van der Waals surface area contributed by atoms with Gasteiger partial charge in [0.25, 0.3) is 0 Å². The molecule has 1 saturated heterocycles. The number of nitrogens with zero attached hydrogens (tertiary/aromatic N) is 4. The van der Waals surface area contributed by atoms with E-state index < -0.39 is 10.0 Å². The summed E-state index contributed by atoms with van der Waals surface area (Å²) >= 11 is 0. The molecule has 2 aromatic heterocycles. The Hall–Kier alpha value is -2.93. The predicted octanol–water partition coefficient (Wildman–Crippen LogP) is 1.60. The van der Waals surface area contributed by atoms with Gasteiger partial charge in [-0.25, -0.2) is 13.4 Å². The van der Waals surface area contributed by atoms with Crippen molar-refractivity contribution in [2.24, 2.45) is 0 Å². The Bertz CT molecular complexity index is 1180. The van der Waals surface area contributed by atoms with Crippen molar-refractivity contribution in [3.8, 4) is 0 Å². The van der Waals surface area contributed by atoms with Crippen LogP contribution in [-0.2, 0) is 26.0 Å². The summed E-state index contributed by atoms with van der Waals surface area (Å²) in [6.45, 7) is 2.23. The second-order valence-electron chi connectivity index (χ2n) is 7.48. The van der Waals surface area contributed by atoms with E-state index in [-0.39, 0.29) is 6.29 Å². The number of aromatic amines is 1. The molecule has 0 spiro atoms. The number of hydrogen-bond donors (Lipinski definition) is 3. The number of nitrogens with one attached hydrogen (secondary N) is 3. The summed E-state index contributed by atoms with van der Waals surface area (Å²) in [5.74, 6) is 1.11. The summed E-state index contributed by atoms with van der Waals surface area (Å²) in [6, 6.07) is 9.26. The van der Waals surface area contributed by atoms with Gasteiger partial charge in [-0.05, 0) is 23.8 Å².